The Labute approximate surface area is 122 Å². The Morgan fingerprint density at radius 2 is 2.05 bits per heavy atom. The van der Waals surface area contributed by atoms with Gasteiger partial charge in [0.2, 0.25) is 11.8 Å². The zero-order valence-electron chi connectivity index (χ0n) is 11.8. The lowest BCUT2D eigenvalue weighted by atomic mass is 10.1. The number of nitrogens with zero attached hydrogens (tertiary/aromatic N) is 1. The Morgan fingerprint density at radius 3 is 2.81 bits per heavy atom. The molecule has 1 heterocycles. The normalized spacial score (nSPS) is 15.5. The summed E-state index contributed by atoms with van der Waals surface area (Å²) in [6.07, 6.45) is 3.41. The molecule has 0 atom stereocenters. The number of carbonyl (C=O) groups is 2. The lowest BCUT2D eigenvalue weighted by Gasteiger charge is -2.10. The van der Waals surface area contributed by atoms with Crippen molar-refractivity contribution in [3.63, 3.8) is 0 Å². The maximum atomic E-state index is 11.8. The highest BCUT2D eigenvalue weighted by atomic mass is 16.2. The lowest BCUT2D eigenvalue weighted by molar-refractivity contribution is -0.127. The summed E-state index contributed by atoms with van der Waals surface area (Å²) in [5, 5.41) is 6.38. The first-order chi connectivity index (χ1) is 10.1. The van der Waals surface area contributed by atoms with Gasteiger partial charge in [-0.05, 0) is 25.0 Å². The molecular weight excluding hydrogens is 266 g/mol. The Kier molecular flexibility index (Phi) is 3.33. The number of hydrogen-bond donors (Lipinski definition) is 2. The van der Waals surface area contributed by atoms with Crippen LogP contribution in [-0.4, -0.2) is 23.3 Å². The first-order valence-electron chi connectivity index (χ1n) is 7.00. The second-order valence-corrected chi connectivity index (χ2v) is 5.71. The van der Waals surface area contributed by atoms with Crippen molar-refractivity contribution in [1.82, 2.24) is 10.3 Å². The number of hydrogen-bond acceptors (Lipinski definition) is 3. The van der Waals surface area contributed by atoms with Gasteiger partial charge in [-0.1, -0.05) is 25.1 Å². The molecule has 1 aromatic heterocycles. The zero-order chi connectivity index (χ0) is 14.9. The molecule has 0 aliphatic heterocycles. The predicted molar refractivity (Wildman–Crippen MR) is 80.7 cm³/mol. The van der Waals surface area contributed by atoms with E-state index in [9.17, 15) is 9.59 Å². The van der Waals surface area contributed by atoms with Gasteiger partial charge in [0.1, 0.15) is 0 Å². The Bertz CT molecular complexity index is 707. The van der Waals surface area contributed by atoms with Crippen molar-refractivity contribution in [1.29, 1.82) is 0 Å². The molecule has 0 unspecified atom stereocenters. The number of fused-ring (bicyclic) bond motifs is 1. The summed E-state index contributed by atoms with van der Waals surface area (Å²) in [5.74, 6) is -0.293. The van der Waals surface area contributed by atoms with Crippen LogP contribution in [-0.2, 0) is 9.59 Å². The smallest absolute Gasteiger partial charge is 0.243 e. The van der Waals surface area contributed by atoms with E-state index in [0.29, 0.717) is 5.69 Å². The van der Waals surface area contributed by atoms with Gasteiger partial charge in [-0.3, -0.25) is 14.6 Å². The van der Waals surface area contributed by atoms with Crippen LogP contribution in [0.3, 0.4) is 0 Å². The van der Waals surface area contributed by atoms with Gasteiger partial charge in [-0.15, -0.1) is 0 Å². The number of rotatable bonds is 4. The van der Waals surface area contributed by atoms with Gasteiger partial charge < -0.3 is 10.6 Å². The van der Waals surface area contributed by atoms with Crippen molar-refractivity contribution in [2.24, 2.45) is 5.41 Å². The Hall–Kier alpha value is -2.43. The largest absolute Gasteiger partial charge is 0.347 e. The van der Waals surface area contributed by atoms with E-state index in [1.807, 2.05) is 37.3 Å². The van der Waals surface area contributed by atoms with Crippen LogP contribution < -0.4 is 10.6 Å². The van der Waals surface area contributed by atoms with E-state index in [1.54, 1.807) is 6.20 Å². The predicted octanol–water partition coefficient (Wildman–Crippen LogP) is 2.09. The molecule has 1 saturated carbocycles. The number of benzene rings is 1. The highest BCUT2D eigenvalue weighted by Crippen LogP contribution is 2.44. The average Bonchev–Trinajstić information content (AvgIpc) is 3.24. The van der Waals surface area contributed by atoms with Gasteiger partial charge >= 0.3 is 0 Å². The van der Waals surface area contributed by atoms with E-state index in [4.69, 9.17) is 0 Å². The highest BCUT2D eigenvalue weighted by Gasteiger charge is 2.44. The van der Waals surface area contributed by atoms with Gasteiger partial charge in [-0.25, -0.2) is 0 Å². The molecule has 1 aliphatic carbocycles. The topological polar surface area (TPSA) is 71.1 Å². The number of para-hydroxylation sites is 1. The molecule has 0 bridgehead atoms. The van der Waals surface area contributed by atoms with Crippen LogP contribution in [0.4, 0.5) is 5.69 Å². The number of anilines is 1. The molecule has 0 saturated heterocycles. The third-order valence-corrected chi connectivity index (χ3v) is 3.83. The van der Waals surface area contributed by atoms with Gasteiger partial charge in [0.05, 0.1) is 23.9 Å². The van der Waals surface area contributed by atoms with E-state index in [1.165, 1.54) is 0 Å². The van der Waals surface area contributed by atoms with Crippen LogP contribution >= 0.6 is 0 Å². The SMILES string of the molecule is CC1(C(=O)NCC(=O)Nc2cnc3ccccc3c2)CC1. The van der Waals surface area contributed by atoms with Gasteiger partial charge in [0, 0.05) is 10.8 Å². The van der Waals surface area contributed by atoms with Crippen molar-refractivity contribution in [2.45, 2.75) is 19.8 Å². The Balaban J connectivity index is 1.59. The van der Waals surface area contributed by atoms with Crippen LogP contribution in [0.25, 0.3) is 10.9 Å². The van der Waals surface area contributed by atoms with E-state index in [2.05, 4.69) is 15.6 Å². The summed E-state index contributed by atoms with van der Waals surface area (Å²) < 4.78 is 0. The first-order valence-corrected chi connectivity index (χ1v) is 7.00. The molecule has 5 heteroatoms. The van der Waals surface area contributed by atoms with Crippen molar-refractivity contribution in [3.8, 4) is 0 Å². The maximum Gasteiger partial charge on any atom is 0.243 e. The second-order valence-electron chi connectivity index (χ2n) is 5.71. The molecule has 21 heavy (non-hydrogen) atoms. The number of pyridine rings is 1. The third kappa shape index (κ3) is 3.02. The van der Waals surface area contributed by atoms with Crippen molar-refractivity contribution >= 4 is 28.4 Å². The fourth-order valence-corrected chi connectivity index (χ4v) is 2.13. The van der Waals surface area contributed by atoms with Crippen LogP contribution in [0.1, 0.15) is 19.8 Å². The molecule has 0 spiro atoms. The van der Waals surface area contributed by atoms with Crippen molar-refractivity contribution < 1.29 is 9.59 Å². The monoisotopic (exact) mass is 283 g/mol. The minimum atomic E-state index is -0.259. The summed E-state index contributed by atoms with van der Waals surface area (Å²) in [6, 6.07) is 9.56. The average molecular weight is 283 g/mol. The summed E-state index contributed by atoms with van der Waals surface area (Å²) in [4.78, 5) is 27.9. The third-order valence-electron chi connectivity index (χ3n) is 3.83. The number of aromatic nitrogens is 1. The first kappa shape index (κ1) is 13.5. The molecule has 1 aliphatic rings. The quantitative estimate of drug-likeness (QED) is 0.902. The van der Waals surface area contributed by atoms with Gasteiger partial charge in [0.25, 0.3) is 0 Å². The molecule has 2 aromatic rings. The second kappa shape index (κ2) is 5.16. The van der Waals surface area contributed by atoms with Crippen LogP contribution in [0.2, 0.25) is 0 Å². The van der Waals surface area contributed by atoms with Crippen molar-refractivity contribution in [3.05, 3.63) is 36.5 Å². The summed E-state index contributed by atoms with van der Waals surface area (Å²) in [7, 11) is 0. The van der Waals surface area contributed by atoms with E-state index < -0.39 is 0 Å². The van der Waals surface area contributed by atoms with Gasteiger partial charge in [0.15, 0.2) is 0 Å². The lowest BCUT2D eigenvalue weighted by Crippen LogP contribution is -2.36. The van der Waals surface area contributed by atoms with Crippen molar-refractivity contribution in [2.75, 3.05) is 11.9 Å². The number of amides is 2. The molecule has 3 rings (SSSR count). The minimum Gasteiger partial charge on any atom is -0.347 e. The van der Waals surface area contributed by atoms with Gasteiger partial charge in [-0.2, -0.15) is 0 Å². The summed E-state index contributed by atoms with van der Waals surface area (Å²) >= 11 is 0. The fourth-order valence-electron chi connectivity index (χ4n) is 2.13. The highest BCUT2D eigenvalue weighted by molar-refractivity contribution is 5.97. The standard InChI is InChI=1S/C16H17N3O2/c1-16(6-7-16)15(21)18-10-14(20)19-12-8-11-4-2-3-5-13(11)17-9-12/h2-5,8-9H,6-7,10H2,1H3,(H,18,21)(H,19,20). The minimum absolute atomic E-state index is 0.0126. The summed E-state index contributed by atoms with van der Waals surface area (Å²) in [6.45, 7) is 1.90. The van der Waals surface area contributed by atoms with E-state index in [-0.39, 0.29) is 23.8 Å². The van der Waals surface area contributed by atoms with Crippen LogP contribution in [0.5, 0.6) is 0 Å². The molecule has 2 N–H and O–H groups in total. The molecular formula is C16H17N3O2. The van der Waals surface area contributed by atoms with E-state index in [0.717, 1.165) is 23.7 Å². The molecule has 1 fully saturated rings. The Morgan fingerprint density at radius 1 is 1.29 bits per heavy atom. The molecule has 108 valence electrons. The molecule has 0 radical (unpaired) electrons. The summed E-state index contributed by atoms with van der Waals surface area (Å²) in [5.41, 5.74) is 1.25. The maximum absolute atomic E-state index is 11.8. The number of nitrogens with one attached hydrogen (secondary N) is 2. The van der Waals surface area contributed by atoms with Crippen LogP contribution in [0.15, 0.2) is 36.5 Å². The zero-order valence-corrected chi connectivity index (χ0v) is 11.8. The number of carbonyl (C=O) groups excluding carboxylic acids is 2. The van der Waals surface area contributed by atoms with E-state index >= 15 is 0 Å². The molecule has 5 nitrogen and oxygen atoms in total. The van der Waals surface area contributed by atoms with Crippen LogP contribution in [0, 0.1) is 5.41 Å². The fraction of sp³-hybridized carbons (Fsp3) is 0.312. The molecule has 1 aromatic carbocycles. The molecule has 2 amide bonds.